The van der Waals surface area contributed by atoms with Gasteiger partial charge in [0.2, 0.25) is 0 Å². The number of para-hydroxylation sites is 1. The molecule has 1 unspecified atom stereocenters. The third kappa shape index (κ3) is 4.11. The van der Waals surface area contributed by atoms with Gasteiger partial charge in [-0.3, -0.25) is 0 Å². The van der Waals surface area contributed by atoms with Crippen LogP contribution in [0.5, 0.6) is 11.5 Å². The highest BCUT2D eigenvalue weighted by Crippen LogP contribution is 2.35. The Morgan fingerprint density at radius 1 is 1.03 bits per heavy atom. The maximum atomic E-state index is 13.1. The number of aromatic nitrogens is 1. The van der Waals surface area contributed by atoms with Crippen molar-refractivity contribution in [3.63, 3.8) is 0 Å². The zero-order chi connectivity index (χ0) is 20.5. The quantitative estimate of drug-likeness (QED) is 0.503. The monoisotopic (exact) mass is 437 g/mol. The van der Waals surface area contributed by atoms with E-state index >= 15 is 0 Å². The van der Waals surface area contributed by atoms with Crippen molar-refractivity contribution in [1.29, 1.82) is 0 Å². The normalized spacial score (nSPS) is 15.2. The Kier molecular flexibility index (Phi) is 6.16. The average Bonchev–Trinajstić information content (AvgIpc) is 3.17. The van der Waals surface area contributed by atoms with E-state index in [0.717, 1.165) is 29.8 Å². The summed E-state index contributed by atoms with van der Waals surface area (Å²) in [5, 5.41) is 4.94. The van der Waals surface area contributed by atoms with E-state index in [0.29, 0.717) is 12.4 Å². The maximum absolute atomic E-state index is 13.1. The number of hydrogen-bond donors (Lipinski definition) is 2. The van der Waals surface area contributed by atoms with Crippen molar-refractivity contribution < 1.29 is 26.3 Å². The van der Waals surface area contributed by atoms with Gasteiger partial charge in [-0.2, -0.15) is 0 Å². The molecule has 0 fully saturated rings. The van der Waals surface area contributed by atoms with Gasteiger partial charge in [-0.15, -0.1) is 0 Å². The van der Waals surface area contributed by atoms with Gasteiger partial charge in [0, 0.05) is 28.7 Å². The van der Waals surface area contributed by atoms with Crippen molar-refractivity contribution >= 4 is 10.9 Å². The summed E-state index contributed by atoms with van der Waals surface area (Å²) in [5.74, 6) is 1.12. The summed E-state index contributed by atoms with van der Waals surface area (Å²) >= 11 is 0. The minimum Gasteiger partial charge on any atom is -1.00 e. The third-order valence-corrected chi connectivity index (χ3v) is 5.70. The number of benzene rings is 3. The number of halogens is 2. The molecule has 6 heteroatoms. The van der Waals surface area contributed by atoms with E-state index in [1.54, 1.807) is 19.2 Å². The predicted molar refractivity (Wildman–Crippen MR) is 116 cm³/mol. The van der Waals surface area contributed by atoms with Crippen LogP contribution in [0.1, 0.15) is 28.4 Å². The minimum atomic E-state index is -0.278. The summed E-state index contributed by atoms with van der Waals surface area (Å²) in [6.45, 7) is 1.27. The van der Waals surface area contributed by atoms with E-state index in [-0.39, 0.29) is 24.3 Å². The number of H-pyrrole nitrogens is 1. The first-order chi connectivity index (χ1) is 14.7. The Hall–Kier alpha value is -3.02. The Bertz CT molecular complexity index is 1190. The van der Waals surface area contributed by atoms with Crippen LogP contribution in [0.15, 0.2) is 66.7 Å². The Labute approximate surface area is 186 Å². The molecule has 1 aliphatic heterocycles. The van der Waals surface area contributed by atoms with Crippen LogP contribution in [-0.2, 0) is 13.0 Å². The molecule has 0 radical (unpaired) electrons. The molecule has 5 rings (SSSR count). The summed E-state index contributed by atoms with van der Waals surface area (Å²) in [6, 6.07) is 20.8. The number of ether oxygens (including phenoxy) is 2. The molecule has 2 heterocycles. The number of fused-ring (bicyclic) bond motifs is 3. The van der Waals surface area contributed by atoms with Gasteiger partial charge in [-0.05, 0) is 60.0 Å². The molecule has 4 aromatic rings. The fourth-order valence-electron chi connectivity index (χ4n) is 4.25. The molecule has 1 aliphatic rings. The van der Waals surface area contributed by atoms with Gasteiger partial charge >= 0.3 is 0 Å². The SMILES string of the molecule is COc1ccc(C2NCCc3c2[nH]c2ccccc32)cc1COc1ccc(F)cc1.[Cl-]. The Balaban J connectivity index is 0.00000231. The maximum Gasteiger partial charge on any atom is 0.125 e. The highest BCUT2D eigenvalue weighted by Gasteiger charge is 2.25. The molecule has 0 amide bonds. The number of methoxy groups -OCH3 is 1. The molecule has 3 aromatic carbocycles. The topological polar surface area (TPSA) is 46.3 Å². The van der Waals surface area contributed by atoms with Crippen LogP contribution in [-0.4, -0.2) is 18.6 Å². The van der Waals surface area contributed by atoms with Crippen molar-refractivity contribution in [2.75, 3.05) is 13.7 Å². The van der Waals surface area contributed by atoms with Crippen LogP contribution in [0.3, 0.4) is 0 Å². The summed E-state index contributed by atoms with van der Waals surface area (Å²) in [7, 11) is 1.66. The molecule has 160 valence electrons. The first kappa shape index (κ1) is 21.2. The lowest BCUT2D eigenvalue weighted by Crippen LogP contribution is -3.00. The smallest absolute Gasteiger partial charge is 0.125 e. The van der Waals surface area contributed by atoms with E-state index < -0.39 is 0 Å². The van der Waals surface area contributed by atoms with Gasteiger partial charge in [-0.25, -0.2) is 4.39 Å². The predicted octanol–water partition coefficient (Wildman–Crippen LogP) is 2.13. The largest absolute Gasteiger partial charge is 1.00 e. The van der Waals surface area contributed by atoms with Gasteiger partial charge in [0.1, 0.15) is 23.9 Å². The Morgan fingerprint density at radius 3 is 2.65 bits per heavy atom. The first-order valence-electron chi connectivity index (χ1n) is 10.1. The zero-order valence-corrected chi connectivity index (χ0v) is 17.9. The van der Waals surface area contributed by atoms with Crippen molar-refractivity contribution in [2.24, 2.45) is 0 Å². The van der Waals surface area contributed by atoms with E-state index in [1.807, 2.05) is 6.07 Å². The molecule has 0 saturated heterocycles. The van der Waals surface area contributed by atoms with Crippen LogP contribution in [0, 0.1) is 5.82 Å². The second kappa shape index (κ2) is 9.00. The van der Waals surface area contributed by atoms with Gasteiger partial charge in [0.05, 0.1) is 13.2 Å². The fourth-order valence-corrected chi connectivity index (χ4v) is 4.25. The van der Waals surface area contributed by atoms with Gasteiger partial charge in [0.25, 0.3) is 0 Å². The van der Waals surface area contributed by atoms with Crippen molar-refractivity contribution in [1.82, 2.24) is 10.3 Å². The van der Waals surface area contributed by atoms with Crippen LogP contribution in [0.2, 0.25) is 0 Å². The van der Waals surface area contributed by atoms with E-state index in [1.165, 1.54) is 34.3 Å². The summed E-state index contributed by atoms with van der Waals surface area (Å²) in [4.78, 5) is 3.62. The lowest BCUT2D eigenvalue weighted by Gasteiger charge is -2.25. The second-order valence-electron chi connectivity index (χ2n) is 7.51. The summed E-state index contributed by atoms with van der Waals surface area (Å²) < 4.78 is 24.6. The van der Waals surface area contributed by atoms with Gasteiger partial charge < -0.3 is 32.2 Å². The first-order valence-corrected chi connectivity index (χ1v) is 10.1. The molecular formula is C25H23ClFN2O2-. The van der Waals surface area contributed by atoms with Crippen LogP contribution in [0.25, 0.3) is 10.9 Å². The summed E-state index contributed by atoms with van der Waals surface area (Å²) in [5.41, 5.74) is 5.88. The molecule has 31 heavy (non-hydrogen) atoms. The van der Waals surface area contributed by atoms with E-state index in [4.69, 9.17) is 9.47 Å². The van der Waals surface area contributed by atoms with E-state index in [2.05, 4.69) is 46.7 Å². The highest BCUT2D eigenvalue weighted by molar-refractivity contribution is 5.85. The van der Waals surface area contributed by atoms with Gasteiger partial charge in [0.15, 0.2) is 0 Å². The lowest BCUT2D eigenvalue weighted by molar-refractivity contribution is -0.00000729. The third-order valence-electron chi connectivity index (χ3n) is 5.70. The molecule has 0 aliphatic carbocycles. The molecule has 0 saturated carbocycles. The zero-order valence-electron chi connectivity index (χ0n) is 17.1. The molecule has 0 spiro atoms. The fraction of sp³-hybridized carbons (Fsp3) is 0.200. The van der Waals surface area contributed by atoms with Crippen LogP contribution < -0.4 is 27.2 Å². The summed E-state index contributed by atoms with van der Waals surface area (Å²) in [6.07, 6.45) is 1.01. The lowest BCUT2D eigenvalue weighted by atomic mass is 9.93. The number of hydrogen-bond acceptors (Lipinski definition) is 3. The highest BCUT2D eigenvalue weighted by atomic mass is 35.5. The number of aromatic amines is 1. The molecule has 0 bridgehead atoms. The van der Waals surface area contributed by atoms with E-state index in [9.17, 15) is 4.39 Å². The standard InChI is InChI=1S/C25H23FN2O2.ClH/c1-29-23-11-6-16(14-17(23)15-30-19-9-7-18(26)8-10-19)24-25-21(12-13-27-24)20-4-2-3-5-22(20)28-25;/h2-11,14,24,27-28H,12-13,15H2,1H3;1H/p-1. The van der Waals surface area contributed by atoms with Crippen molar-refractivity contribution in [3.8, 4) is 11.5 Å². The molecule has 4 nitrogen and oxygen atoms in total. The molecule has 1 atom stereocenters. The van der Waals surface area contributed by atoms with Crippen molar-refractivity contribution in [2.45, 2.75) is 19.1 Å². The van der Waals surface area contributed by atoms with Crippen molar-refractivity contribution in [3.05, 3.63) is 94.9 Å². The molecular weight excluding hydrogens is 415 g/mol. The molecule has 1 aromatic heterocycles. The molecule has 2 N–H and O–H groups in total. The van der Waals surface area contributed by atoms with Crippen LogP contribution in [0.4, 0.5) is 4.39 Å². The minimum absolute atomic E-state index is 0. The van der Waals surface area contributed by atoms with Crippen LogP contribution >= 0.6 is 0 Å². The number of rotatable bonds is 5. The van der Waals surface area contributed by atoms with Gasteiger partial charge in [-0.1, -0.05) is 24.3 Å². The number of nitrogens with one attached hydrogen (secondary N) is 2. The average molecular weight is 438 g/mol. The second-order valence-corrected chi connectivity index (χ2v) is 7.51. The Morgan fingerprint density at radius 2 is 1.84 bits per heavy atom.